The first-order chi connectivity index (χ1) is 7.68. The van der Waals surface area contributed by atoms with Crippen LogP contribution in [0.2, 0.25) is 0 Å². The van der Waals surface area contributed by atoms with Gasteiger partial charge in [-0.1, -0.05) is 13.8 Å². The summed E-state index contributed by atoms with van der Waals surface area (Å²) in [7, 11) is 0. The maximum absolute atomic E-state index is 9.37. The minimum absolute atomic E-state index is 0.233. The van der Waals surface area contributed by atoms with Crippen LogP contribution in [0.15, 0.2) is 0 Å². The third-order valence-electron chi connectivity index (χ3n) is 3.01. The van der Waals surface area contributed by atoms with E-state index in [2.05, 4.69) is 18.3 Å². The van der Waals surface area contributed by atoms with Gasteiger partial charge >= 0.3 is 0 Å². The Hall–Kier alpha value is -0.240. The lowest BCUT2D eigenvalue weighted by Crippen LogP contribution is -2.48. The smallest absolute Gasteiger partial charge is 0.118 e. The van der Waals surface area contributed by atoms with Gasteiger partial charge in [0.05, 0.1) is 6.07 Å². The summed E-state index contributed by atoms with van der Waals surface area (Å²) in [6, 6.07) is 2.48. The molecule has 2 unspecified atom stereocenters. The summed E-state index contributed by atoms with van der Waals surface area (Å²) in [5.41, 5.74) is -0.325. The second-order valence-corrected chi connectivity index (χ2v) is 5.72. The molecule has 92 valence electrons. The molecule has 0 amide bonds. The van der Waals surface area contributed by atoms with Crippen LogP contribution in [0.4, 0.5) is 0 Å². The number of hydrogen-bond acceptors (Lipinski definition) is 4. The van der Waals surface area contributed by atoms with Crippen molar-refractivity contribution in [3.05, 3.63) is 0 Å². The molecule has 0 radical (unpaired) electrons. The maximum Gasteiger partial charge on any atom is 0.118 e. The van der Waals surface area contributed by atoms with Crippen molar-refractivity contribution in [1.29, 1.82) is 5.26 Å². The summed E-state index contributed by atoms with van der Waals surface area (Å²) in [5.74, 6) is 2.63. The Balaban J connectivity index is 2.41. The number of nitriles is 1. The van der Waals surface area contributed by atoms with Crippen molar-refractivity contribution in [3.8, 4) is 6.07 Å². The van der Waals surface area contributed by atoms with Crippen LogP contribution in [0.3, 0.4) is 0 Å². The summed E-state index contributed by atoms with van der Waals surface area (Å²) in [4.78, 5) is 0. The number of rotatable bonds is 8. The van der Waals surface area contributed by atoms with Gasteiger partial charge in [0.25, 0.3) is 0 Å². The molecule has 1 fully saturated rings. The summed E-state index contributed by atoms with van der Waals surface area (Å²) in [6.07, 6.45) is 2.35. The number of nitrogens with one attached hydrogen (secondary N) is 1. The van der Waals surface area contributed by atoms with Gasteiger partial charge in [-0.05, 0) is 37.0 Å². The molecule has 3 nitrogen and oxygen atoms in total. The first-order valence-corrected chi connectivity index (χ1v) is 7.19. The zero-order valence-electron chi connectivity index (χ0n) is 10.2. The zero-order valence-corrected chi connectivity index (χ0v) is 11.0. The molecule has 16 heavy (non-hydrogen) atoms. The molecule has 2 N–H and O–H groups in total. The fourth-order valence-electron chi connectivity index (χ4n) is 1.84. The lowest BCUT2D eigenvalue weighted by atomic mass is 9.98. The van der Waals surface area contributed by atoms with Crippen LogP contribution in [0, 0.1) is 23.2 Å². The van der Waals surface area contributed by atoms with E-state index >= 15 is 0 Å². The summed E-state index contributed by atoms with van der Waals surface area (Å²) < 4.78 is 0. The lowest BCUT2D eigenvalue weighted by Gasteiger charge is -2.27. The molecule has 1 aliphatic carbocycles. The van der Waals surface area contributed by atoms with E-state index in [1.807, 2.05) is 6.92 Å². The normalized spacial score (nSPS) is 21.1. The SMILES string of the molecule is CCNC(C#N)(CSCC(C)CO)C1CC1. The minimum Gasteiger partial charge on any atom is -0.396 e. The fourth-order valence-corrected chi connectivity index (χ4v) is 3.19. The van der Waals surface area contributed by atoms with Gasteiger partial charge in [0.15, 0.2) is 0 Å². The van der Waals surface area contributed by atoms with Crippen LogP contribution in [-0.2, 0) is 0 Å². The topological polar surface area (TPSA) is 56.0 Å². The van der Waals surface area contributed by atoms with Gasteiger partial charge < -0.3 is 5.11 Å². The molecule has 2 atom stereocenters. The second-order valence-electron chi connectivity index (χ2n) is 4.69. The monoisotopic (exact) mass is 242 g/mol. The lowest BCUT2D eigenvalue weighted by molar-refractivity contribution is 0.250. The van der Waals surface area contributed by atoms with Crippen LogP contribution < -0.4 is 5.32 Å². The predicted octanol–water partition coefficient (Wildman–Crippen LogP) is 1.63. The molecular weight excluding hydrogens is 220 g/mol. The molecule has 0 aromatic carbocycles. The summed E-state index contributed by atoms with van der Waals surface area (Å²) in [5, 5.41) is 21.7. The van der Waals surface area contributed by atoms with Crippen molar-refractivity contribution < 1.29 is 5.11 Å². The fraction of sp³-hybridized carbons (Fsp3) is 0.917. The van der Waals surface area contributed by atoms with Gasteiger partial charge in [-0.3, -0.25) is 5.32 Å². The van der Waals surface area contributed by atoms with E-state index in [-0.39, 0.29) is 12.1 Å². The molecule has 0 saturated heterocycles. The highest BCUT2D eigenvalue weighted by molar-refractivity contribution is 7.99. The average Bonchev–Trinajstić information content (AvgIpc) is 3.11. The highest BCUT2D eigenvalue weighted by atomic mass is 32.2. The third-order valence-corrected chi connectivity index (χ3v) is 4.47. The van der Waals surface area contributed by atoms with E-state index in [9.17, 15) is 5.26 Å². The van der Waals surface area contributed by atoms with Crippen LogP contribution in [0.5, 0.6) is 0 Å². The Morgan fingerprint density at radius 1 is 1.62 bits per heavy atom. The van der Waals surface area contributed by atoms with Crippen LogP contribution >= 0.6 is 11.8 Å². The molecule has 0 bridgehead atoms. The molecule has 4 heteroatoms. The van der Waals surface area contributed by atoms with Crippen LogP contribution in [0.1, 0.15) is 26.7 Å². The van der Waals surface area contributed by atoms with Crippen molar-refractivity contribution in [2.75, 3.05) is 24.7 Å². The molecule has 0 heterocycles. The molecule has 1 saturated carbocycles. The Labute approximate surface area is 103 Å². The van der Waals surface area contributed by atoms with Crippen molar-refractivity contribution in [2.24, 2.45) is 11.8 Å². The van der Waals surface area contributed by atoms with Crippen molar-refractivity contribution >= 4 is 11.8 Å². The van der Waals surface area contributed by atoms with Crippen LogP contribution in [-0.4, -0.2) is 35.3 Å². The second kappa shape index (κ2) is 6.48. The maximum atomic E-state index is 9.37. The van der Waals surface area contributed by atoms with E-state index in [0.717, 1.165) is 18.1 Å². The van der Waals surface area contributed by atoms with Gasteiger partial charge in [0.1, 0.15) is 5.54 Å². The Bertz CT molecular complexity index is 250. The largest absolute Gasteiger partial charge is 0.396 e. The highest BCUT2D eigenvalue weighted by Crippen LogP contribution is 2.41. The Morgan fingerprint density at radius 3 is 2.75 bits per heavy atom. The number of aliphatic hydroxyl groups excluding tert-OH is 1. The van der Waals surface area contributed by atoms with Gasteiger partial charge in [0.2, 0.25) is 0 Å². The van der Waals surface area contributed by atoms with Gasteiger partial charge in [-0.25, -0.2) is 0 Å². The average molecular weight is 242 g/mol. The van der Waals surface area contributed by atoms with E-state index < -0.39 is 0 Å². The van der Waals surface area contributed by atoms with Gasteiger partial charge in [-0.15, -0.1) is 0 Å². The van der Waals surface area contributed by atoms with Crippen molar-refractivity contribution in [1.82, 2.24) is 5.32 Å². The summed E-state index contributed by atoms with van der Waals surface area (Å²) >= 11 is 1.78. The summed E-state index contributed by atoms with van der Waals surface area (Å²) in [6.45, 7) is 5.16. The quantitative estimate of drug-likeness (QED) is 0.679. The first-order valence-electron chi connectivity index (χ1n) is 6.03. The van der Waals surface area contributed by atoms with E-state index in [4.69, 9.17) is 5.11 Å². The number of nitrogens with zero attached hydrogens (tertiary/aromatic N) is 1. The van der Waals surface area contributed by atoms with E-state index in [1.54, 1.807) is 11.8 Å². The van der Waals surface area contributed by atoms with Gasteiger partial charge in [0, 0.05) is 12.4 Å². The molecule has 0 aromatic rings. The number of thioether (sulfide) groups is 1. The van der Waals surface area contributed by atoms with E-state index in [1.165, 1.54) is 12.8 Å². The molecule has 0 aromatic heterocycles. The minimum atomic E-state index is -0.325. The van der Waals surface area contributed by atoms with Crippen molar-refractivity contribution in [3.63, 3.8) is 0 Å². The van der Waals surface area contributed by atoms with E-state index in [0.29, 0.717) is 11.8 Å². The third kappa shape index (κ3) is 3.65. The molecule has 0 aliphatic heterocycles. The standard InChI is InChI=1S/C12H22N2OS/c1-3-14-12(8-13,11-4-5-11)9-16-7-10(2)6-15/h10-11,14-15H,3-7,9H2,1-2H3. The molecular formula is C12H22N2OS. The molecule has 1 rings (SSSR count). The van der Waals surface area contributed by atoms with Crippen LogP contribution in [0.25, 0.3) is 0 Å². The number of aliphatic hydroxyl groups is 1. The Morgan fingerprint density at radius 2 is 2.31 bits per heavy atom. The first kappa shape index (κ1) is 13.8. The van der Waals surface area contributed by atoms with Crippen molar-refractivity contribution in [2.45, 2.75) is 32.2 Å². The number of hydrogen-bond donors (Lipinski definition) is 2. The highest BCUT2D eigenvalue weighted by Gasteiger charge is 2.44. The molecule has 0 spiro atoms. The zero-order chi connectivity index (χ0) is 12.0. The van der Waals surface area contributed by atoms with Gasteiger partial charge in [-0.2, -0.15) is 17.0 Å². The molecule has 1 aliphatic rings. The Kier molecular flexibility index (Phi) is 5.60. The predicted molar refractivity (Wildman–Crippen MR) is 68.3 cm³/mol.